The predicted octanol–water partition coefficient (Wildman–Crippen LogP) is 0.903. The van der Waals surface area contributed by atoms with Crippen molar-refractivity contribution in [3.8, 4) is 0 Å². The number of nitrogens with two attached hydrogens (primary N) is 1. The van der Waals surface area contributed by atoms with Gasteiger partial charge in [-0.1, -0.05) is 11.6 Å². The summed E-state index contributed by atoms with van der Waals surface area (Å²) < 4.78 is 4.98. The second-order valence-electron chi connectivity index (χ2n) is 4.12. The van der Waals surface area contributed by atoms with Crippen LogP contribution in [0.5, 0.6) is 0 Å². The molecule has 0 aliphatic carbocycles. The van der Waals surface area contributed by atoms with Crippen molar-refractivity contribution in [2.45, 2.75) is 45.3 Å². The van der Waals surface area contributed by atoms with E-state index >= 15 is 0 Å². The molecule has 0 aromatic carbocycles. The van der Waals surface area contributed by atoms with Gasteiger partial charge in [0.15, 0.2) is 5.82 Å². The van der Waals surface area contributed by atoms with E-state index in [-0.39, 0.29) is 0 Å². The van der Waals surface area contributed by atoms with Crippen LogP contribution in [0.1, 0.15) is 37.9 Å². The summed E-state index contributed by atoms with van der Waals surface area (Å²) >= 11 is 0. The number of hydrogen-bond donors (Lipinski definition) is 1. The van der Waals surface area contributed by atoms with Gasteiger partial charge in [-0.25, -0.2) is 0 Å². The van der Waals surface area contributed by atoms with Gasteiger partial charge in [-0.15, -0.1) is 0 Å². The fraction of sp³-hybridized carbons (Fsp3) is 0.800. The summed E-state index contributed by atoms with van der Waals surface area (Å²) in [6, 6.07) is 0.624. The van der Waals surface area contributed by atoms with Gasteiger partial charge in [-0.05, 0) is 26.3 Å². The number of hydrogen-bond acceptors (Lipinski definition) is 5. The summed E-state index contributed by atoms with van der Waals surface area (Å²) in [6.45, 7) is 4.49. The molecule has 5 heteroatoms. The highest BCUT2D eigenvalue weighted by molar-refractivity contribution is 4.87. The van der Waals surface area contributed by atoms with Crippen molar-refractivity contribution in [3.63, 3.8) is 0 Å². The molecule has 0 amide bonds. The van der Waals surface area contributed by atoms with Gasteiger partial charge in [0.05, 0.1) is 13.1 Å². The molecule has 84 valence electrons. The number of likely N-dealkylation sites (tertiary alicyclic amines) is 1. The maximum Gasteiger partial charge on any atom is 0.240 e. The predicted molar refractivity (Wildman–Crippen MR) is 55.9 cm³/mol. The molecule has 1 aromatic heterocycles. The highest BCUT2D eigenvalue weighted by Gasteiger charge is 2.20. The normalized spacial score (nSPS) is 23.2. The van der Waals surface area contributed by atoms with Crippen molar-refractivity contribution in [1.29, 1.82) is 0 Å². The number of piperidine rings is 1. The summed E-state index contributed by atoms with van der Waals surface area (Å²) in [7, 11) is 0. The van der Waals surface area contributed by atoms with E-state index in [0.29, 0.717) is 18.5 Å². The smallest absolute Gasteiger partial charge is 0.240 e. The SMILES string of the molecule is CC1CCCCN1Cc1noc(CN)n1. The third-order valence-corrected chi connectivity index (χ3v) is 2.97. The van der Waals surface area contributed by atoms with Gasteiger partial charge in [-0.2, -0.15) is 4.98 Å². The zero-order valence-corrected chi connectivity index (χ0v) is 9.15. The van der Waals surface area contributed by atoms with E-state index in [9.17, 15) is 0 Å². The molecule has 1 saturated heterocycles. The Bertz CT molecular complexity index is 312. The number of nitrogens with zero attached hydrogens (tertiary/aromatic N) is 3. The lowest BCUT2D eigenvalue weighted by Crippen LogP contribution is -2.37. The minimum Gasteiger partial charge on any atom is -0.338 e. The summed E-state index contributed by atoms with van der Waals surface area (Å²) in [5.74, 6) is 1.28. The molecule has 0 bridgehead atoms. The molecule has 0 saturated carbocycles. The average Bonchev–Trinajstić information content (AvgIpc) is 2.69. The molecule has 0 spiro atoms. The second kappa shape index (κ2) is 4.72. The Kier molecular flexibility index (Phi) is 3.33. The maximum atomic E-state index is 5.41. The summed E-state index contributed by atoms with van der Waals surface area (Å²) in [5, 5.41) is 3.91. The number of rotatable bonds is 3. The zero-order valence-electron chi connectivity index (χ0n) is 9.15. The van der Waals surface area contributed by atoms with Crippen molar-refractivity contribution in [1.82, 2.24) is 15.0 Å². The van der Waals surface area contributed by atoms with Crippen molar-refractivity contribution >= 4 is 0 Å². The molecular formula is C10H18N4O. The van der Waals surface area contributed by atoms with Crippen molar-refractivity contribution in [2.75, 3.05) is 6.54 Å². The molecule has 2 N–H and O–H groups in total. The molecule has 15 heavy (non-hydrogen) atoms. The van der Waals surface area contributed by atoms with Crippen molar-refractivity contribution in [3.05, 3.63) is 11.7 Å². The van der Waals surface area contributed by atoms with Crippen LogP contribution in [0.4, 0.5) is 0 Å². The fourth-order valence-corrected chi connectivity index (χ4v) is 2.01. The van der Waals surface area contributed by atoms with Crippen LogP contribution in [0, 0.1) is 0 Å². The third kappa shape index (κ3) is 2.54. The Morgan fingerprint density at radius 3 is 3.07 bits per heavy atom. The Hall–Kier alpha value is -0.940. The molecule has 2 rings (SSSR count). The van der Waals surface area contributed by atoms with Crippen LogP contribution in [-0.4, -0.2) is 27.6 Å². The van der Waals surface area contributed by atoms with E-state index in [0.717, 1.165) is 18.9 Å². The van der Waals surface area contributed by atoms with Crippen LogP contribution in [0.15, 0.2) is 4.52 Å². The number of aromatic nitrogens is 2. The van der Waals surface area contributed by atoms with E-state index in [2.05, 4.69) is 22.0 Å². The van der Waals surface area contributed by atoms with Crippen LogP contribution in [0.25, 0.3) is 0 Å². The standard InChI is InChI=1S/C10H18N4O/c1-8-4-2-3-5-14(8)7-9-12-10(6-11)15-13-9/h8H,2-7,11H2,1H3. The zero-order chi connectivity index (χ0) is 10.7. The topological polar surface area (TPSA) is 68.2 Å². The van der Waals surface area contributed by atoms with E-state index in [1.807, 2.05) is 0 Å². The maximum absolute atomic E-state index is 5.41. The Balaban J connectivity index is 1.95. The van der Waals surface area contributed by atoms with Gasteiger partial charge >= 0.3 is 0 Å². The van der Waals surface area contributed by atoms with E-state index < -0.39 is 0 Å². The molecular weight excluding hydrogens is 192 g/mol. The first-order chi connectivity index (χ1) is 7.29. The van der Waals surface area contributed by atoms with Gasteiger partial charge in [0.1, 0.15) is 0 Å². The fourth-order valence-electron chi connectivity index (χ4n) is 2.01. The molecule has 1 fully saturated rings. The monoisotopic (exact) mass is 210 g/mol. The van der Waals surface area contributed by atoms with Gasteiger partial charge in [0, 0.05) is 6.04 Å². The van der Waals surface area contributed by atoms with Gasteiger partial charge in [-0.3, -0.25) is 4.90 Å². The Labute approximate surface area is 89.6 Å². The molecule has 1 aliphatic heterocycles. The van der Waals surface area contributed by atoms with Crippen molar-refractivity contribution in [2.24, 2.45) is 5.73 Å². The lowest BCUT2D eigenvalue weighted by Gasteiger charge is -2.32. The van der Waals surface area contributed by atoms with Gasteiger partial charge in [0.2, 0.25) is 5.89 Å². The quantitative estimate of drug-likeness (QED) is 0.802. The highest BCUT2D eigenvalue weighted by atomic mass is 16.5. The molecule has 1 atom stereocenters. The first-order valence-electron chi connectivity index (χ1n) is 5.55. The molecule has 1 aliphatic rings. The molecule has 1 unspecified atom stereocenters. The first-order valence-corrected chi connectivity index (χ1v) is 5.55. The Morgan fingerprint density at radius 1 is 1.53 bits per heavy atom. The van der Waals surface area contributed by atoms with Gasteiger partial charge in [0.25, 0.3) is 0 Å². The van der Waals surface area contributed by atoms with Gasteiger partial charge < -0.3 is 10.3 Å². The van der Waals surface area contributed by atoms with E-state index in [1.54, 1.807) is 0 Å². The van der Waals surface area contributed by atoms with Crippen LogP contribution >= 0.6 is 0 Å². The molecule has 0 radical (unpaired) electrons. The molecule has 2 heterocycles. The summed E-state index contributed by atoms with van der Waals surface area (Å²) in [5.41, 5.74) is 5.41. The second-order valence-corrected chi connectivity index (χ2v) is 4.12. The van der Waals surface area contributed by atoms with Crippen LogP contribution in [0.2, 0.25) is 0 Å². The largest absolute Gasteiger partial charge is 0.338 e. The van der Waals surface area contributed by atoms with E-state index in [4.69, 9.17) is 10.3 Å². The highest BCUT2D eigenvalue weighted by Crippen LogP contribution is 2.17. The third-order valence-electron chi connectivity index (χ3n) is 2.97. The molecule has 1 aromatic rings. The van der Waals surface area contributed by atoms with E-state index in [1.165, 1.54) is 19.3 Å². The minimum absolute atomic E-state index is 0.322. The summed E-state index contributed by atoms with van der Waals surface area (Å²) in [4.78, 5) is 6.61. The Morgan fingerprint density at radius 2 is 2.40 bits per heavy atom. The minimum atomic E-state index is 0.322. The summed E-state index contributed by atoms with van der Waals surface area (Å²) in [6.07, 6.45) is 3.87. The van der Waals surface area contributed by atoms with Crippen LogP contribution in [-0.2, 0) is 13.1 Å². The lowest BCUT2D eigenvalue weighted by atomic mass is 10.0. The van der Waals surface area contributed by atoms with Crippen molar-refractivity contribution < 1.29 is 4.52 Å². The first kappa shape index (κ1) is 10.6. The van der Waals surface area contributed by atoms with Crippen LogP contribution in [0.3, 0.4) is 0 Å². The van der Waals surface area contributed by atoms with Crippen LogP contribution < -0.4 is 5.73 Å². The lowest BCUT2D eigenvalue weighted by molar-refractivity contribution is 0.147. The molecule has 5 nitrogen and oxygen atoms in total. The average molecular weight is 210 g/mol.